The van der Waals surface area contributed by atoms with Crippen LogP contribution in [0.15, 0.2) is 48.6 Å². The normalized spacial score (nSPS) is 20.3. The molecule has 0 fully saturated rings. The van der Waals surface area contributed by atoms with Crippen molar-refractivity contribution in [1.82, 2.24) is 5.32 Å². The van der Waals surface area contributed by atoms with Crippen molar-refractivity contribution >= 4 is 17.2 Å². The minimum atomic E-state index is -0.273. The number of carbonyl (C=O) groups is 1. The summed E-state index contributed by atoms with van der Waals surface area (Å²) in [6, 6.07) is 9.85. The molecule has 2 aromatic rings. The maximum Gasteiger partial charge on any atom is 0.261 e. The van der Waals surface area contributed by atoms with Gasteiger partial charge in [-0.15, -0.1) is 11.3 Å². The second-order valence-electron chi connectivity index (χ2n) is 5.31. The Hall–Kier alpha value is -1.98. The molecule has 5 heteroatoms. The molecule has 0 saturated heterocycles. The molecule has 1 aromatic carbocycles. The van der Waals surface area contributed by atoms with Crippen LogP contribution in [-0.2, 0) is 0 Å². The Labute approximate surface area is 132 Å². The van der Waals surface area contributed by atoms with Crippen molar-refractivity contribution in [1.29, 1.82) is 0 Å². The van der Waals surface area contributed by atoms with Crippen LogP contribution < -0.4 is 5.32 Å². The molecule has 0 spiro atoms. The molecule has 22 heavy (non-hydrogen) atoms. The quantitative estimate of drug-likeness (QED) is 0.851. The van der Waals surface area contributed by atoms with Crippen molar-refractivity contribution in [3.8, 4) is 10.4 Å². The molecule has 1 aliphatic rings. The zero-order chi connectivity index (χ0) is 15.5. The largest absolute Gasteiger partial charge is 0.396 e. The van der Waals surface area contributed by atoms with Crippen LogP contribution in [0.1, 0.15) is 16.1 Å². The van der Waals surface area contributed by atoms with E-state index < -0.39 is 0 Å². The van der Waals surface area contributed by atoms with Gasteiger partial charge in [0.15, 0.2) is 0 Å². The first kappa shape index (κ1) is 14.9. The van der Waals surface area contributed by atoms with Gasteiger partial charge in [0, 0.05) is 23.4 Å². The lowest BCUT2D eigenvalue weighted by Crippen LogP contribution is -2.32. The van der Waals surface area contributed by atoms with Gasteiger partial charge < -0.3 is 10.4 Å². The van der Waals surface area contributed by atoms with Gasteiger partial charge in [-0.05, 0) is 36.2 Å². The molecular formula is C17H16FNO2S. The minimum absolute atomic E-state index is 0.0268. The molecule has 3 nitrogen and oxygen atoms in total. The fourth-order valence-electron chi connectivity index (χ4n) is 2.49. The number of hydrogen-bond acceptors (Lipinski definition) is 3. The van der Waals surface area contributed by atoms with Crippen LogP contribution in [0.4, 0.5) is 4.39 Å². The fourth-order valence-corrected chi connectivity index (χ4v) is 3.40. The van der Waals surface area contributed by atoms with E-state index in [1.165, 1.54) is 23.5 Å². The summed E-state index contributed by atoms with van der Waals surface area (Å²) in [5, 5.41) is 12.0. The Balaban J connectivity index is 1.67. The summed E-state index contributed by atoms with van der Waals surface area (Å²) >= 11 is 1.38. The van der Waals surface area contributed by atoms with Gasteiger partial charge in [-0.1, -0.05) is 24.3 Å². The number of benzene rings is 1. The van der Waals surface area contributed by atoms with E-state index in [4.69, 9.17) is 5.11 Å². The Bertz CT molecular complexity index is 693. The number of rotatable bonds is 4. The molecule has 3 rings (SSSR count). The van der Waals surface area contributed by atoms with E-state index in [2.05, 4.69) is 5.32 Å². The highest BCUT2D eigenvalue weighted by Crippen LogP contribution is 2.28. The number of amides is 1. The zero-order valence-electron chi connectivity index (χ0n) is 11.8. The van der Waals surface area contributed by atoms with Crippen molar-refractivity contribution < 1.29 is 14.3 Å². The molecule has 1 aromatic heterocycles. The third-order valence-electron chi connectivity index (χ3n) is 3.68. The van der Waals surface area contributed by atoms with E-state index in [1.807, 2.05) is 18.2 Å². The summed E-state index contributed by atoms with van der Waals surface area (Å²) in [4.78, 5) is 13.8. The summed E-state index contributed by atoms with van der Waals surface area (Å²) in [6.45, 7) is 0.108. The molecule has 0 aliphatic heterocycles. The highest BCUT2D eigenvalue weighted by Gasteiger charge is 2.21. The van der Waals surface area contributed by atoms with Crippen molar-refractivity contribution in [2.75, 3.05) is 6.61 Å². The molecule has 2 N–H and O–H groups in total. The van der Waals surface area contributed by atoms with Gasteiger partial charge in [0.25, 0.3) is 5.91 Å². The summed E-state index contributed by atoms with van der Waals surface area (Å²) in [7, 11) is 0. The molecule has 114 valence electrons. The zero-order valence-corrected chi connectivity index (χ0v) is 12.6. The van der Waals surface area contributed by atoms with Gasteiger partial charge in [-0.3, -0.25) is 4.79 Å². The van der Waals surface area contributed by atoms with Crippen LogP contribution in [0.25, 0.3) is 10.4 Å². The van der Waals surface area contributed by atoms with Crippen molar-refractivity contribution in [3.05, 3.63) is 59.2 Å². The first-order valence-corrected chi connectivity index (χ1v) is 7.93. The number of thiophene rings is 1. The van der Waals surface area contributed by atoms with E-state index in [0.29, 0.717) is 4.88 Å². The van der Waals surface area contributed by atoms with Crippen LogP contribution >= 0.6 is 11.3 Å². The fraction of sp³-hybridized carbons (Fsp3) is 0.235. The van der Waals surface area contributed by atoms with E-state index in [-0.39, 0.29) is 30.3 Å². The standard InChI is InChI=1S/C17H16FNO2S/c18-13-4-2-12(3-5-13)15-7-8-16(22-15)17(21)19-14-6-1-11(9-14)10-20/h1-8,11,14,20H,9-10H2,(H,19,21)/t11-,14+/m0/s1. The summed E-state index contributed by atoms with van der Waals surface area (Å²) in [5.74, 6) is -0.264. The number of aliphatic hydroxyl groups is 1. The van der Waals surface area contributed by atoms with E-state index in [0.717, 1.165) is 16.9 Å². The van der Waals surface area contributed by atoms with Crippen LogP contribution in [0.5, 0.6) is 0 Å². The molecule has 2 atom stereocenters. The molecular weight excluding hydrogens is 301 g/mol. The number of halogens is 1. The van der Waals surface area contributed by atoms with Crippen LogP contribution in [0, 0.1) is 11.7 Å². The molecule has 0 saturated carbocycles. The van der Waals surface area contributed by atoms with Gasteiger partial charge >= 0.3 is 0 Å². The molecule has 0 bridgehead atoms. The van der Waals surface area contributed by atoms with Crippen LogP contribution in [-0.4, -0.2) is 23.7 Å². The first-order chi connectivity index (χ1) is 10.7. The van der Waals surface area contributed by atoms with Crippen molar-refractivity contribution in [2.24, 2.45) is 5.92 Å². The number of aliphatic hydroxyl groups excluding tert-OH is 1. The third kappa shape index (κ3) is 3.26. The van der Waals surface area contributed by atoms with Gasteiger partial charge in [0.2, 0.25) is 0 Å². The molecule has 1 aliphatic carbocycles. The first-order valence-electron chi connectivity index (χ1n) is 7.11. The van der Waals surface area contributed by atoms with E-state index in [1.54, 1.807) is 18.2 Å². The van der Waals surface area contributed by atoms with Gasteiger partial charge in [0.1, 0.15) is 5.82 Å². The van der Waals surface area contributed by atoms with Gasteiger partial charge in [-0.2, -0.15) is 0 Å². The van der Waals surface area contributed by atoms with Crippen LogP contribution in [0.3, 0.4) is 0 Å². The second kappa shape index (κ2) is 6.42. The highest BCUT2D eigenvalue weighted by molar-refractivity contribution is 7.17. The average Bonchev–Trinajstić information content (AvgIpc) is 3.17. The Morgan fingerprint density at radius 3 is 2.68 bits per heavy atom. The second-order valence-corrected chi connectivity index (χ2v) is 6.40. The third-order valence-corrected chi connectivity index (χ3v) is 4.81. The Kier molecular flexibility index (Phi) is 4.36. The van der Waals surface area contributed by atoms with Gasteiger partial charge in [-0.25, -0.2) is 4.39 Å². The number of carbonyl (C=O) groups excluding carboxylic acids is 1. The van der Waals surface area contributed by atoms with Crippen molar-refractivity contribution in [3.63, 3.8) is 0 Å². The molecule has 0 radical (unpaired) electrons. The minimum Gasteiger partial charge on any atom is -0.396 e. The SMILES string of the molecule is O=C(N[C@@H]1C=C[C@H](CO)C1)c1ccc(-c2ccc(F)cc2)s1. The maximum atomic E-state index is 12.9. The van der Waals surface area contributed by atoms with E-state index in [9.17, 15) is 9.18 Å². The van der Waals surface area contributed by atoms with Crippen LogP contribution in [0.2, 0.25) is 0 Å². The topological polar surface area (TPSA) is 49.3 Å². The number of hydrogen-bond donors (Lipinski definition) is 2. The smallest absolute Gasteiger partial charge is 0.261 e. The summed E-state index contributed by atoms with van der Waals surface area (Å²) < 4.78 is 12.9. The van der Waals surface area contributed by atoms with E-state index >= 15 is 0 Å². The molecule has 0 unspecified atom stereocenters. The monoisotopic (exact) mass is 317 g/mol. The predicted octanol–water partition coefficient (Wildman–Crippen LogP) is 3.22. The lowest BCUT2D eigenvalue weighted by Gasteiger charge is -2.11. The maximum absolute atomic E-state index is 12.9. The predicted molar refractivity (Wildman–Crippen MR) is 85.3 cm³/mol. The van der Waals surface area contributed by atoms with Gasteiger partial charge in [0.05, 0.1) is 4.88 Å². The highest BCUT2D eigenvalue weighted by atomic mass is 32.1. The summed E-state index contributed by atoms with van der Waals surface area (Å²) in [5.41, 5.74) is 0.895. The Morgan fingerprint density at radius 2 is 2.00 bits per heavy atom. The average molecular weight is 317 g/mol. The lowest BCUT2D eigenvalue weighted by atomic mass is 10.1. The molecule has 1 heterocycles. The van der Waals surface area contributed by atoms with Crippen molar-refractivity contribution in [2.45, 2.75) is 12.5 Å². The number of nitrogens with one attached hydrogen (secondary N) is 1. The lowest BCUT2D eigenvalue weighted by molar-refractivity contribution is 0.0945. The Morgan fingerprint density at radius 1 is 1.23 bits per heavy atom. The molecule has 1 amide bonds. The summed E-state index contributed by atoms with van der Waals surface area (Å²) in [6.07, 6.45) is 4.59.